The van der Waals surface area contributed by atoms with E-state index < -0.39 is 0 Å². The Balaban J connectivity index is 1.82. The molecular formula is C15H27NO4. The quantitative estimate of drug-likeness (QED) is 0.840. The van der Waals surface area contributed by atoms with Crippen molar-refractivity contribution in [2.24, 2.45) is 11.8 Å². The lowest BCUT2D eigenvalue weighted by Gasteiger charge is -2.51. The zero-order valence-electron chi connectivity index (χ0n) is 12.7. The first-order valence-corrected chi connectivity index (χ1v) is 7.85. The molecule has 3 fully saturated rings. The standard InChI is InChI=1S/C15H27NO4/c1-4-19-13-9-5-6-11(17-2)14(18-3)12(9)16-15-10(13)7-8-20-15/h9-16H,4-8H2,1-3H3. The molecular weight excluding hydrogens is 258 g/mol. The second-order valence-electron chi connectivity index (χ2n) is 6.07. The minimum absolute atomic E-state index is 0.0758. The van der Waals surface area contributed by atoms with E-state index in [1.807, 2.05) is 0 Å². The molecule has 116 valence electrons. The van der Waals surface area contributed by atoms with Crippen LogP contribution < -0.4 is 5.32 Å². The highest BCUT2D eigenvalue weighted by molar-refractivity contribution is 5.04. The number of fused-ring (bicyclic) bond motifs is 2. The molecule has 0 aromatic carbocycles. The van der Waals surface area contributed by atoms with Gasteiger partial charge in [-0.3, -0.25) is 5.32 Å². The van der Waals surface area contributed by atoms with Crippen LogP contribution in [-0.4, -0.2) is 58.0 Å². The van der Waals surface area contributed by atoms with E-state index in [1.165, 1.54) is 0 Å². The van der Waals surface area contributed by atoms with Crippen LogP contribution in [-0.2, 0) is 18.9 Å². The highest BCUT2D eigenvalue weighted by Gasteiger charge is 2.53. The number of piperidine rings is 1. The predicted molar refractivity (Wildman–Crippen MR) is 74.5 cm³/mol. The first-order valence-electron chi connectivity index (χ1n) is 7.85. The van der Waals surface area contributed by atoms with Crippen LogP contribution in [0.15, 0.2) is 0 Å². The molecule has 0 amide bonds. The summed E-state index contributed by atoms with van der Waals surface area (Å²) in [6, 6.07) is 0.259. The van der Waals surface area contributed by atoms with Crippen LogP contribution in [0.4, 0.5) is 0 Å². The van der Waals surface area contributed by atoms with Crippen LogP contribution in [0.5, 0.6) is 0 Å². The first-order chi connectivity index (χ1) is 9.80. The molecule has 0 aromatic heterocycles. The normalized spacial score (nSPS) is 47.9. The van der Waals surface area contributed by atoms with Crippen molar-refractivity contribution in [2.75, 3.05) is 27.4 Å². The molecule has 0 spiro atoms. The van der Waals surface area contributed by atoms with Gasteiger partial charge in [0.2, 0.25) is 0 Å². The summed E-state index contributed by atoms with van der Waals surface area (Å²) in [6.07, 6.45) is 3.90. The summed E-state index contributed by atoms with van der Waals surface area (Å²) >= 11 is 0. The largest absolute Gasteiger partial charge is 0.379 e. The molecule has 20 heavy (non-hydrogen) atoms. The summed E-state index contributed by atoms with van der Waals surface area (Å²) in [7, 11) is 3.55. The number of methoxy groups -OCH3 is 2. The Kier molecular flexibility index (Phi) is 4.62. The smallest absolute Gasteiger partial charge is 0.113 e. The van der Waals surface area contributed by atoms with Crippen LogP contribution in [0.1, 0.15) is 26.2 Å². The number of rotatable bonds is 4. The lowest BCUT2D eigenvalue weighted by Crippen LogP contribution is -2.66. The van der Waals surface area contributed by atoms with Crippen LogP contribution in [0.25, 0.3) is 0 Å². The van der Waals surface area contributed by atoms with Crippen molar-refractivity contribution >= 4 is 0 Å². The van der Waals surface area contributed by atoms with E-state index in [2.05, 4.69) is 12.2 Å². The van der Waals surface area contributed by atoms with Crippen LogP contribution in [0.2, 0.25) is 0 Å². The predicted octanol–water partition coefficient (Wildman–Crippen LogP) is 1.17. The molecule has 7 unspecified atom stereocenters. The molecule has 0 radical (unpaired) electrons. The third kappa shape index (κ3) is 2.40. The third-order valence-electron chi connectivity index (χ3n) is 5.24. The molecule has 7 atom stereocenters. The molecule has 1 saturated carbocycles. The average molecular weight is 285 g/mol. The van der Waals surface area contributed by atoms with E-state index in [0.29, 0.717) is 11.8 Å². The Hall–Kier alpha value is -0.200. The lowest BCUT2D eigenvalue weighted by atomic mass is 9.70. The fraction of sp³-hybridized carbons (Fsp3) is 1.00. The monoisotopic (exact) mass is 285 g/mol. The average Bonchev–Trinajstić information content (AvgIpc) is 2.94. The topological polar surface area (TPSA) is 49.0 Å². The maximum absolute atomic E-state index is 6.11. The Bertz CT molecular complexity index is 327. The fourth-order valence-corrected chi connectivity index (χ4v) is 4.37. The molecule has 5 nitrogen and oxygen atoms in total. The molecule has 1 N–H and O–H groups in total. The van der Waals surface area contributed by atoms with Gasteiger partial charge in [0.15, 0.2) is 0 Å². The van der Waals surface area contributed by atoms with E-state index in [-0.39, 0.29) is 30.6 Å². The fourth-order valence-electron chi connectivity index (χ4n) is 4.37. The van der Waals surface area contributed by atoms with Gasteiger partial charge in [-0.2, -0.15) is 0 Å². The van der Waals surface area contributed by atoms with Gasteiger partial charge in [-0.05, 0) is 26.2 Å². The van der Waals surface area contributed by atoms with Crippen molar-refractivity contribution in [3.8, 4) is 0 Å². The second-order valence-corrected chi connectivity index (χ2v) is 6.07. The van der Waals surface area contributed by atoms with E-state index in [4.69, 9.17) is 18.9 Å². The molecule has 5 heteroatoms. The van der Waals surface area contributed by atoms with Gasteiger partial charge in [-0.25, -0.2) is 0 Å². The van der Waals surface area contributed by atoms with E-state index in [1.54, 1.807) is 14.2 Å². The Morgan fingerprint density at radius 3 is 2.60 bits per heavy atom. The van der Waals surface area contributed by atoms with Crippen molar-refractivity contribution in [1.82, 2.24) is 5.32 Å². The van der Waals surface area contributed by atoms with E-state index >= 15 is 0 Å². The molecule has 0 bridgehead atoms. The summed E-state index contributed by atoms with van der Waals surface area (Å²) in [5, 5.41) is 3.66. The third-order valence-corrected chi connectivity index (χ3v) is 5.24. The summed E-state index contributed by atoms with van der Waals surface area (Å²) in [4.78, 5) is 0. The zero-order chi connectivity index (χ0) is 14.1. The minimum atomic E-state index is 0.0758. The van der Waals surface area contributed by atoms with Crippen molar-refractivity contribution in [3.05, 3.63) is 0 Å². The van der Waals surface area contributed by atoms with Gasteiger partial charge in [0.25, 0.3) is 0 Å². The van der Waals surface area contributed by atoms with Crippen molar-refractivity contribution in [2.45, 2.75) is 56.8 Å². The van der Waals surface area contributed by atoms with Crippen molar-refractivity contribution < 1.29 is 18.9 Å². The molecule has 3 aliphatic rings. The van der Waals surface area contributed by atoms with Gasteiger partial charge < -0.3 is 18.9 Å². The van der Waals surface area contributed by atoms with Crippen LogP contribution >= 0.6 is 0 Å². The van der Waals surface area contributed by atoms with Gasteiger partial charge in [-0.1, -0.05) is 0 Å². The lowest BCUT2D eigenvalue weighted by molar-refractivity contribution is -0.163. The molecule has 1 aliphatic carbocycles. The number of hydrogen-bond donors (Lipinski definition) is 1. The molecule has 3 rings (SSSR count). The Morgan fingerprint density at radius 2 is 1.90 bits per heavy atom. The number of nitrogens with one attached hydrogen (secondary N) is 1. The maximum atomic E-state index is 6.11. The van der Waals surface area contributed by atoms with E-state index in [0.717, 1.165) is 32.5 Å². The Labute approximate surface area is 121 Å². The highest BCUT2D eigenvalue weighted by atomic mass is 16.5. The molecule has 2 heterocycles. The highest BCUT2D eigenvalue weighted by Crippen LogP contribution is 2.42. The summed E-state index contributed by atoms with van der Waals surface area (Å²) < 4.78 is 23.3. The number of hydrogen-bond acceptors (Lipinski definition) is 5. The minimum Gasteiger partial charge on any atom is -0.379 e. The molecule has 2 aliphatic heterocycles. The van der Waals surface area contributed by atoms with Crippen molar-refractivity contribution in [3.63, 3.8) is 0 Å². The first kappa shape index (κ1) is 14.7. The van der Waals surface area contributed by atoms with Gasteiger partial charge in [0, 0.05) is 45.3 Å². The van der Waals surface area contributed by atoms with Crippen molar-refractivity contribution in [1.29, 1.82) is 0 Å². The zero-order valence-corrected chi connectivity index (χ0v) is 12.7. The summed E-state index contributed by atoms with van der Waals surface area (Å²) in [6.45, 7) is 3.68. The van der Waals surface area contributed by atoms with Crippen LogP contribution in [0, 0.1) is 11.8 Å². The van der Waals surface area contributed by atoms with E-state index in [9.17, 15) is 0 Å². The van der Waals surface area contributed by atoms with Gasteiger partial charge in [0.1, 0.15) is 6.23 Å². The van der Waals surface area contributed by atoms with Crippen LogP contribution in [0.3, 0.4) is 0 Å². The van der Waals surface area contributed by atoms with Gasteiger partial charge in [-0.15, -0.1) is 0 Å². The summed E-state index contributed by atoms with van der Waals surface area (Å²) in [5.74, 6) is 0.974. The second kappa shape index (κ2) is 6.28. The molecule has 2 saturated heterocycles. The van der Waals surface area contributed by atoms with Gasteiger partial charge >= 0.3 is 0 Å². The SMILES string of the molecule is CCOC1C2CCOC2NC2C1CCC(OC)C2OC. The maximum Gasteiger partial charge on any atom is 0.113 e. The van der Waals surface area contributed by atoms with Gasteiger partial charge in [0.05, 0.1) is 18.3 Å². The Morgan fingerprint density at radius 1 is 1.05 bits per heavy atom. The summed E-state index contributed by atoms with van der Waals surface area (Å²) in [5.41, 5.74) is 0. The number of ether oxygens (including phenoxy) is 4. The molecule has 0 aromatic rings.